The first-order chi connectivity index (χ1) is 14.1. The first-order valence-corrected chi connectivity index (χ1v) is 10.5. The van der Waals surface area contributed by atoms with Gasteiger partial charge in [0.1, 0.15) is 11.5 Å². The summed E-state index contributed by atoms with van der Waals surface area (Å²) in [6.07, 6.45) is 4.23. The van der Waals surface area contributed by atoms with Crippen molar-refractivity contribution in [2.75, 3.05) is 6.54 Å². The lowest BCUT2D eigenvalue weighted by Crippen LogP contribution is -2.46. The van der Waals surface area contributed by atoms with Gasteiger partial charge in [0.05, 0.1) is 0 Å². The number of hydrogen-bond donors (Lipinski definition) is 2. The number of nitrogens with one attached hydrogen (secondary N) is 2. The van der Waals surface area contributed by atoms with Crippen LogP contribution in [0.1, 0.15) is 48.7 Å². The molecule has 0 aliphatic heterocycles. The van der Waals surface area contributed by atoms with E-state index in [1.54, 1.807) is 12.1 Å². The summed E-state index contributed by atoms with van der Waals surface area (Å²) in [4.78, 5) is 18.3. The van der Waals surface area contributed by atoms with Gasteiger partial charge in [0.15, 0.2) is 0 Å². The van der Waals surface area contributed by atoms with Crippen LogP contribution in [-0.2, 0) is 6.54 Å². The quantitative estimate of drug-likeness (QED) is 0.628. The molecule has 2 aromatic carbocycles. The Morgan fingerprint density at radius 3 is 2.79 bits per heavy atom. The van der Waals surface area contributed by atoms with Crippen molar-refractivity contribution in [2.24, 2.45) is 0 Å². The largest absolute Gasteiger partial charge is 0.351 e. The number of aromatic nitrogens is 1. The lowest BCUT2D eigenvalue weighted by atomic mass is 9.89. The second kappa shape index (κ2) is 8.78. The van der Waals surface area contributed by atoms with Crippen LogP contribution in [0, 0.1) is 5.82 Å². The third-order valence-electron chi connectivity index (χ3n) is 5.94. The number of rotatable bonds is 6. The molecule has 1 heterocycles. The van der Waals surface area contributed by atoms with Crippen LogP contribution in [-0.4, -0.2) is 34.4 Å². The predicted molar refractivity (Wildman–Crippen MR) is 114 cm³/mol. The van der Waals surface area contributed by atoms with Crippen molar-refractivity contribution in [2.45, 2.75) is 51.2 Å². The summed E-state index contributed by atoms with van der Waals surface area (Å²) in [5.74, 6) is -0.291. The molecule has 4 rings (SSSR count). The van der Waals surface area contributed by atoms with Crippen LogP contribution in [0.5, 0.6) is 0 Å². The first kappa shape index (κ1) is 19.6. The standard InChI is InChI=1S/C24H28FN3O/c1-2-28(24(29)23-14-18-13-19(25)11-12-22(18)27-23)21-10-6-9-20(15-21)26-16-17-7-4-3-5-8-17/h3-5,7-8,11-14,20-21,26-27H,2,6,9-10,15-16H2,1H3/t20-,21?/m1/s1. The highest BCUT2D eigenvalue weighted by molar-refractivity contribution is 5.98. The zero-order valence-corrected chi connectivity index (χ0v) is 16.8. The molecule has 152 valence electrons. The van der Waals surface area contributed by atoms with Crippen molar-refractivity contribution < 1.29 is 9.18 Å². The fraction of sp³-hybridized carbons (Fsp3) is 0.375. The number of nitrogens with zero attached hydrogens (tertiary/aromatic N) is 1. The van der Waals surface area contributed by atoms with E-state index in [2.05, 4.69) is 34.6 Å². The second-order valence-electron chi connectivity index (χ2n) is 7.89. The van der Waals surface area contributed by atoms with E-state index < -0.39 is 0 Å². The van der Waals surface area contributed by atoms with Crippen LogP contribution < -0.4 is 5.32 Å². The van der Waals surface area contributed by atoms with Gasteiger partial charge < -0.3 is 15.2 Å². The molecule has 2 N–H and O–H groups in total. The van der Waals surface area contributed by atoms with Crippen molar-refractivity contribution in [3.63, 3.8) is 0 Å². The molecule has 1 aliphatic rings. The Labute approximate surface area is 171 Å². The average Bonchev–Trinajstić information content (AvgIpc) is 3.17. The third kappa shape index (κ3) is 4.51. The Bertz CT molecular complexity index is 969. The summed E-state index contributed by atoms with van der Waals surface area (Å²) in [6, 6.07) is 17.4. The van der Waals surface area contributed by atoms with E-state index >= 15 is 0 Å². The van der Waals surface area contributed by atoms with E-state index in [9.17, 15) is 9.18 Å². The highest BCUT2D eigenvalue weighted by atomic mass is 19.1. The van der Waals surface area contributed by atoms with Crippen molar-refractivity contribution in [3.8, 4) is 0 Å². The number of carbonyl (C=O) groups excluding carboxylic acids is 1. The van der Waals surface area contributed by atoms with Gasteiger partial charge in [0, 0.05) is 36.1 Å². The number of hydrogen-bond acceptors (Lipinski definition) is 2. The first-order valence-electron chi connectivity index (χ1n) is 10.5. The summed E-state index contributed by atoms with van der Waals surface area (Å²) in [7, 11) is 0. The fourth-order valence-electron chi connectivity index (χ4n) is 4.43. The minimum Gasteiger partial charge on any atom is -0.351 e. The smallest absolute Gasteiger partial charge is 0.270 e. The monoisotopic (exact) mass is 393 g/mol. The van der Waals surface area contributed by atoms with E-state index in [1.165, 1.54) is 17.7 Å². The molecule has 5 heteroatoms. The van der Waals surface area contributed by atoms with E-state index in [1.807, 2.05) is 17.9 Å². The molecule has 1 saturated carbocycles. The number of aromatic amines is 1. The number of benzene rings is 2. The SMILES string of the molecule is CCN(C(=O)c1cc2cc(F)ccc2[nH]1)C1CCC[C@@H](NCc2ccccc2)C1. The summed E-state index contributed by atoms with van der Waals surface area (Å²) in [6.45, 7) is 3.55. The van der Waals surface area contributed by atoms with Gasteiger partial charge >= 0.3 is 0 Å². The zero-order valence-electron chi connectivity index (χ0n) is 16.8. The van der Waals surface area contributed by atoms with Gasteiger partial charge in [-0.1, -0.05) is 30.3 Å². The normalized spacial score (nSPS) is 19.4. The fourth-order valence-corrected chi connectivity index (χ4v) is 4.43. The Morgan fingerprint density at radius 2 is 2.00 bits per heavy atom. The summed E-state index contributed by atoms with van der Waals surface area (Å²) >= 11 is 0. The molecule has 0 bridgehead atoms. The second-order valence-corrected chi connectivity index (χ2v) is 7.89. The Balaban J connectivity index is 1.43. The van der Waals surface area contributed by atoms with E-state index in [4.69, 9.17) is 0 Å². The topological polar surface area (TPSA) is 48.1 Å². The van der Waals surface area contributed by atoms with Crippen LogP contribution in [0.2, 0.25) is 0 Å². The summed E-state index contributed by atoms with van der Waals surface area (Å²) in [5.41, 5.74) is 2.60. The molecule has 4 nitrogen and oxygen atoms in total. The number of fused-ring (bicyclic) bond motifs is 1. The maximum absolute atomic E-state index is 13.5. The maximum Gasteiger partial charge on any atom is 0.270 e. The number of amides is 1. The summed E-state index contributed by atoms with van der Waals surface area (Å²) < 4.78 is 13.5. The van der Waals surface area contributed by atoms with Crippen molar-refractivity contribution in [1.29, 1.82) is 0 Å². The minimum absolute atomic E-state index is 0.00202. The molecule has 29 heavy (non-hydrogen) atoms. The molecule has 0 radical (unpaired) electrons. The number of halogens is 1. The van der Waals surface area contributed by atoms with E-state index in [0.717, 1.165) is 43.1 Å². The van der Waals surface area contributed by atoms with Crippen LogP contribution in [0.15, 0.2) is 54.6 Å². The van der Waals surface area contributed by atoms with Gasteiger partial charge in [0.2, 0.25) is 0 Å². The molecule has 1 aromatic heterocycles. The average molecular weight is 394 g/mol. The molecular formula is C24H28FN3O. The van der Waals surface area contributed by atoms with Crippen LogP contribution >= 0.6 is 0 Å². The number of carbonyl (C=O) groups is 1. The van der Waals surface area contributed by atoms with Gasteiger partial charge in [-0.25, -0.2) is 4.39 Å². The number of H-pyrrole nitrogens is 1. The van der Waals surface area contributed by atoms with Crippen molar-refractivity contribution in [1.82, 2.24) is 15.2 Å². The molecule has 1 fully saturated rings. The lowest BCUT2D eigenvalue weighted by Gasteiger charge is -2.37. The Morgan fingerprint density at radius 1 is 1.17 bits per heavy atom. The summed E-state index contributed by atoms with van der Waals surface area (Å²) in [5, 5.41) is 4.40. The molecule has 1 unspecified atom stereocenters. The molecule has 0 saturated heterocycles. The maximum atomic E-state index is 13.5. The predicted octanol–water partition coefficient (Wildman–Crippen LogP) is 4.87. The van der Waals surface area contributed by atoms with E-state index in [-0.39, 0.29) is 17.8 Å². The molecule has 1 amide bonds. The highest BCUT2D eigenvalue weighted by Gasteiger charge is 2.29. The molecule has 2 atom stereocenters. The molecular weight excluding hydrogens is 365 g/mol. The van der Waals surface area contributed by atoms with Gasteiger partial charge in [0.25, 0.3) is 5.91 Å². The van der Waals surface area contributed by atoms with Crippen LogP contribution in [0.3, 0.4) is 0 Å². The van der Waals surface area contributed by atoms with Crippen molar-refractivity contribution >= 4 is 16.8 Å². The van der Waals surface area contributed by atoms with Gasteiger partial charge in [-0.05, 0) is 62.4 Å². The highest BCUT2D eigenvalue weighted by Crippen LogP contribution is 2.26. The molecule has 3 aromatic rings. The third-order valence-corrected chi connectivity index (χ3v) is 5.94. The van der Waals surface area contributed by atoms with E-state index in [0.29, 0.717) is 18.3 Å². The van der Waals surface area contributed by atoms with Crippen LogP contribution in [0.25, 0.3) is 10.9 Å². The van der Waals surface area contributed by atoms with Crippen LogP contribution in [0.4, 0.5) is 4.39 Å². The molecule has 1 aliphatic carbocycles. The lowest BCUT2D eigenvalue weighted by molar-refractivity contribution is 0.0623. The van der Waals surface area contributed by atoms with Gasteiger partial charge in [-0.2, -0.15) is 0 Å². The minimum atomic E-state index is -0.289. The van der Waals surface area contributed by atoms with Gasteiger partial charge in [-0.3, -0.25) is 4.79 Å². The zero-order chi connectivity index (χ0) is 20.2. The van der Waals surface area contributed by atoms with Gasteiger partial charge in [-0.15, -0.1) is 0 Å². The Hall–Kier alpha value is -2.66. The van der Waals surface area contributed by atoms with Crippen molar-refractivity contribution in [3.05, 3.63) is 71.7 Å². The molecule has 0 spiro atoms. The Kier molecular flexibility index (Phi) is 5.95.